The first-order chi connectivity index (χ1) is 17.4. The molecular weight excluding hydrogens is 452 g/mol. The third-order valence-electron chi connectivity index (χ3n) is 6.23. The van der Waals surface area contributed by atoms with E-state index in [-0.39, 0.29) is 30.1 Å². The molecule has 3 aromatic rings. The van der Waals surface area contributed by atoms with Crippen LogP contribution in [0.1, 0.15) is 47.3 Å². The number of anilines is 2. The molecule has 36 heavy (non-hydrogen) atoms. The Morgan fingerprint density at radius 1 is 0.972 bits per heavy atom. The quantitative estimate of drug-likeness (QED) is 0.449. The number of benzene rings is 3. The van der Waals surface area contributed by atoms with Crippen LogP contribution in [0, 0.1) is 5.92 Å². The summed E-state index contributed by atoms with van der Waals surface area (Å²) in [7, 11) is 0. The molecule has 1 aliphatic heterocycles. The summed E-state index contributed by atoms with van der Waals surface area (Å²) >= 11 is 0. The average Bonchev–Trinajstić information content (AvgIpc) is 2.87. The molecule has 0 radical (unpaired) electrons. The van der Waals surface area contributed by atoms with Crippen molar-refractivity contribution in [3.63, 3.8) is 0 Å². The van der Waals surface area contributed by atoms with Crippen molar-refractivity contribution in [3.8, 4) is 0 Å². The van der Waals surface area contributed by atoms with E-state index in [4.69, 9.17) is 5.73 Å². The van der Waals surface area contributed by atoms with Gasteiger partial charge in [0.1, 0.15) is 6.04 Å². The van der Waals surface area contributed by atoms with Crippen LogP contribution in [0.25, 0.3) is 0 Å². The molecule has 0 saturated carbocycles. The molecule has 1 atom stereocenters. The Bertz CT molecular complexity index is 1260. The third kappa shape index (κ3) is 5.80. The van der Waals surface area contributed by atoms with E-state index in [1.165, 1.54) is 0 Å². The van der Waals surface area contributed by atoms with Crippen molar-refractivity contribution >= 4 is 29.1 Å². The second kappa shape index (κ2) is 11.2. The van der Waals surface area contributed by atoms with E-state index in [9.17, 15) is 14.4 Å². The molecule has 0 spiro atoms. The number of amides is 3. The maximum atomic E-state index is 13.5. The van der Waals surface area contributed by atoms with Crippen LogP contribution in [0.3, 0.4) is 0 Å². The highest BCUT2D eigenvalue weighted by Gasteiger charge is 2.37. The third-order valence-corrected chi connectivity index (χ3v) is 6.23. The molecule has 1 aliphatic rings. The number of fused-ring (bicyclic) bond motifs is 1. The van der Waals surface area contributed by atoms with Crippen molar-refractivity contribution in [3.05, 3.63) is 95.1 Å². The lowest BCUT2D eigenvalue weighted by atomic mass is 9.96. The van der Waals surface area contributed by atoms with Gasteiger partial charge in [-0.3, -0.25) is 19.3 Å². The normalized spacial score (nSPS) is 14.8. The van der Waals surface area contributed by atoms with Crippen molar-refractivity contribution in [2.24, 2.45) is 11.7 Å². The van der Waals surface area contributed by atoms with Crippen LogP contribution >= 0.6 is 0 Å². The van der Waals surface area contributed by atoms with E-state index in [0.29, 0.717) is 36.4 Å². The van der Waals surface area contributed by atoms with E-state index >= 15 is 0 Å². The fourth-order valence-corrected chi connectivity index (χ4v) is 4.46. The first-order valence-corrected chi connectivity index (χ1v) is 12.2. The fourth-order valence-electron chi connectivity index (χ4n) is 4.46. The number of hydrogen-bond acceptors (Lipinski definition) is 4. The van der Waals surface area contributed by atoms with Crippen molar-refractivity contribution in [1.82, 2.24) is 5.32 Å². The monoisotopic (exact) mass is 484 g/mol. The number of carbonyl (C=O) groups excluding carboxylic acids is 3. The van der Waals surface area contributed by atoms with Crippen LogP contribution in [0.2, 0.25) is 0 Å². The Morgan fingerprint density at radius 3 is 2.42 bits per heavy atom. The number of nitrogens with zero attached hydrogens (tertiary/aromatic N) is 1. The fraction of sp³-hybridized carbons (Fsp3) is 0.276. The summed E-state index contributed by atoms with van der Waals surface area (Å²) < 4.78 is 0. The van der Waals surface area contributed by atoms with Gasteiger partial charge in [0.2, 0.25) is 11.8 Å². The zero-order valence-corrected chi connectivity index (χ0v) is 20.7. The van der Waals surface area contributed by atoms with Gasteiger partial charge in [0.25, 0.3) is 5.91 Å². The summed E-state index contributed by atoms with van der Waals surface area (Å²) in [4.78, 5) is 41.0. The summed E-state index contributed by atoms with van der Waals surface area (Å²) in [5.74, 6) is -0.442. The van der Waals surface area contributed by atoms with Crippen LogP contribution in [0.4, 0.5) is 11.4 Å². The van der Waals surface area contributed by atoms with Crippen molar-refractivity contribution in [1.29, 1.82) is 0 Å². The zero-order valence-electron chi connectivity index (χ0n) is 20.7. The van der Waals surface area contributed by atoms with Gasteiger partial charge in [0.05, 0.1) is 17.8 Å². The van der Waals surface area contributed by atoms with Gasteiger partial charge in [-0.15, -0.1) is 0 Å². The maximum absolute atomic E-state index is 13.5. The minimum absolute atomic E-state index is 0.153. The van der Waals surface area contributed by atoms with Crippen molar-refractivity contribution in [2.75, 3.05) is 10.2 Å². The number of rotatable bonds is 8. The van der Waals surface area contributed by atoms with Crippen LogP contribution < -0.4 is 21.3 Å². The van der Waals surface area contributed by atoms with E-state index in [2.05, 4.69) is 10.6 Å². The Morgan fingerprint density at radius 2 is 1.69 bits per heavy atom. The lowest BCUT2D eigenvalue weighted by molar-refractivity contribution is -0.124. The second-order valence-electron chi connectivity index (χ2n) is 9.50. The highest BCUT2D eigenvalue weighted by molar-refractivity contribution is 6.13. The molecule has 0 fully saturated rings. The van der Waals surface area contributed by atoms with Gasteiger partial charge in [0.15, 0.2) is 0 Å². The Balaban J connectivity index is 1.57. The topological polar surface area (TPSA) is 105 Å². The molecule has 0 aromatic heterocycles. The lowest BCUT2D eigenvalue weighted by Crippen LogP contribution is -2.52. The van der Waals surface area contributed by atoms with Gasteiger partial charge in [-0.2, -0.15) is 0 Å². The number of nitrogens with two attached hydrogens (primary N) is 1. The first kappa shape index (κ1) is 25.1. The predicted octanol–water partition coefficient (Wildman–Crippen LogP) is 4.02. The molecule has 3 amide bonds. The van der Waals surface area contributed by atoms with Gasteiger partial charge < -0.3 is 16.4 Å². The standard InChI is InChI=1S/C29H32N4O3/c1-19(2)13-26-29(36)32-24-16-23(28(35)31-18-22-10-6-9-21(14-22)17-30)11-12-25(24)33(26)27(34)15-20-7-4-3-5-8-20/h3-12,14,16,19,26H,13,15,17-18,30H2,1-2H3,(H,31,35)(H,32,36). The summed E-state index contributed by atoms with van der Waals surface area (Å²) in [5, 5.41) is 5.83. The Kier molecular flexibility index (Phi) is 7.80. The molecule has 0 saturated heterocycles. The van der Waals surface area contributed by atoms with Gasteiger partial charge in [0, 0.05) is 18.7 Å². The highest BCUT2D eigenvalue weighted by Crippen LogP contribution is 2.35. The zero-order chi connectivity index (χ0) is 25.7. The van der Waals surface area contributed by atoms with Crippen LogP contribution in [-0.4, -0.2) is 23.8 Å². The van der Waals surface area contributed by atoms with E-state index in [1.54, 1.807) is 23.1 Å². The minimum atomic E-state index is -0.608. The Hall–Kier alpha value is -3.97. The molecule has 4 N–H and O–H groups in total. The van der Waals surface area contributed by atoms with Crippen LogP contribution in [0.5, 0.6) is 0 Å². The van der Waals surface area contributed by atoms with E-state index in [1.807, 2.05) is 68.4 Å². The SMILES string of the molecule is CC(C)CC1C(=O)Nc2cc(C(=O)NCc3cccc(CN)c3)ccc2N1C(=O)Cc1ccccc1. The maximum Gasteiger partial charge on any atom is 0.251 e. The summed E-state index contributed by atoms with van der Waals surface area (Å²) in [5.41, 5.74) is 10.00. The van der Waals surface area contributed by atoms with E-state index < -0.39 is 6.04 Å². The van der Waals surface area contributed by atoms with Crippen molar-refractivity contribution < 1.29 is 14.4 Å². The minimum Gasteiger partial charge on any atom is -0.348 e. The molecular formula is C29H32N4O3. The van der Waals surface area contributed by atoms with Gasteiger partial charge in [-0.05, 0) is 47.2 Å². The van der Waals surface area contributed by atoms with Gasteiger partial charge in [-0.25, -0.2) is 0 Å². The summed E-state index contributed by atoms with van der Waals surface area (Å²) in [6, 6.07) is 21.7. The second-order valence-corrected chi connectivity index (χ2v) is 9.50. The highest BCUT2D eigenvalue weighted by atomic mass is 16.2. The number of nitrogens with one attached hydrogen (secondary N) is 2. The van der Waals surface area contributed by atoms with Crippen molar-refractivity contribution in [2.45, 2.75) is 45.8 Å². The average molecular weight is 485 g/mol. The first-order valence-electron chi connectivity index (χ1n) is 12.2. The number of carbonyl (C=O) groups is 3. The van der Waals surface area contributed by atoms with E-state index in [0.717, 1.165) is 16.7 Å². The van der Waals surface area contributed by atoms with Gasteiger partial charge >= 0.3 is 0 Å². The molecule has 7 heteroatoms. The smallest absolute Gasteiger partial charge is 0.251 e. The molecule has 186 valence electrons. The largest absolute Gasteiger partial charge is 0.348 e. The molecule has 4 rings (SSSR count). The molecule has 0 aliphatic carbocycles. The molecule has 0 bridgehead atoms. The summed E-state index contributed by atoms with van der Waals surface area (Å²) in [6.45, 7) is 4.84. The molecule has 7 nitrogen and oxygen atoms in total. The number of hydrogen-bond donors (Lipinski definition) is 3. The molecule has 3 aromatic carbocycles. The lowest BCUT2D eigenvalue weighted by Gasteiger charge is -2.37. The van der Waals surface area contributed by atoms with Crippen LogP contribution in [-0.2, 0) is 29.1 Å². The summed E-state index contributed by atoms with van der Waals surface area (Å²) in [6.07, 6.45) is 0.724. The Labute approximate surface area is 211 Å². The predicted molar refractivity (Wildman–Crippen MR) is 141 cm³/mol. The molecule has 1 unspecified atom stereocenters. The van der Waals surface area contributed by atoms with Crippen LogP contribution in [0.15, 0.2) is 72.8 Å². The van der Waals surface area contributed by atoms with Gasteiger partial charge in [-0.1, -0.05) is 68.4 Å². The molecule has 1 heterocycles.